The van der Waals surface area contributed by atoms with Crippen molar-refractivity contribution in [1.82, 2.24) is 4.98 Å². The van der Waals surface area contributed by atoms with Gasteiger partial charge in [0.05, 0.1) is 5.69 Å². The van der Waals surface area contributed by atoms with Gasteiger partial charge in [0, 0.05) is 17.2 Å². The average Bonchev–Trinajstić information content (AvgIpc) is 2.94. The molecule has 1 aromatic heterocycles. The van der Waals surface area contributed by atoms with Crippen LogP contribution in [0.5, 0.6) is 0 Å². The summed E-state index contributed by atoms with van der Waals surface area (Å²) >= 11 is 0. The van der Waals surface area contributed by atoms with Crippen LogP contribution in [0.1, 0.15) is 51.3 Å². The van der Waals surface area contributed by atoms with Gasteiger partial charge >= 0.3 is 0 Å². The van der Waals surface area contributed by atoms with Crippen LogP contribution >= 0.6 is 0 Å². The number of pyridine rings is 1. The highest BCUT2D eigenvalue weighted by molar-refractivity contribution is 5.98. The van der Waals surface area contributed by atoms with Crippen LogP contribution in [-0.2, 0) is 10.8 Å². The molecule has 1 aliphatic carbocycles. The minimum atomic E-state index is -0.00918. The fourth-order valence-electron chi connectivity index (χ4n) is 4.83. The largest absolute Gasteiger partial charge is 0.256 e. The van der Waals surface area contributed by atoms with Crippen molar-refractivity contribution in [3.63, 3.8) is 0 Å². The maximum absolute atomic E-state index is 4.69. The lowest BCUT2D eigenvalue weighted by Crippen LogP contribution is -2.15. The van der Waals surface area contributed by atoms with E-state index in [0.29, 0.717) is 0 Å². The second-order valence-corrected chi connectivity index (χ2v) is 9.77. The Bertz CT molecular complexity index is 1260. The number of nitrogens with zero attached hydrogens (tertiary/aromatic N) is 1. The van der Waals surface area contributed by atoms with Gasteiger partial charge in [0.15, 0.2) is 0 Å². The first-order valence-electron chi connectivity index (χ1n) is 10.4. The molecule has 0 radical (unpaired) electrons. The van der Waals surface area contributed by atoms with Crippen LogP contribution < -0.4 is 0 Å². The molecule has 29 heavy (non-hydrogen) atoms. The smallest absolute Gasteiger partial charge is 0.0705 e. The Kier molecular flexibility index (Phi) is 3.77. The zero-order valence-electron chi connectivity index (χ0n) is 17.9. The van der Waals surface area contributed by atoms with E-state index in [1.807, 2.05) is 6.20 Å². The Morgan fingerprint density at radius 3 is 2.38 bits per heavy atom. The van der Waals surface area contributed by atoms with Crippen LogP contribution in [0.15, 0.2) is 72.9 Å². The maximum atomic E-state index is 4.69. The highest BCUT2D eigenvalue weighted by atomic mass is 14.7. The Morgan fingerprint density at radius 2 is 1.59 bits per heavy atom. The number of hydrogen-bond donors (Lipinski definition) is 0. The summed E-state index contributed by atoms with van der Waals surface area (Å²) in [5.74, 6) is 0. The first kappa shape index (κ1) is 18.1. The van der Waals surface area contributed by atoms with Gasteiger partial charge in [-0.3, -0.25) is 4.98 Å². The Morgan fingerprint density at radius 1 is 0.793 bits per heavy atom. The van der Waals surface area contributed by atoms with Crippen LogP contribution in [0.2, 0.25) is 0 Å². The van der Waals surface area contributed by atoms with Gasteiger partial charge < -0.3 is 0 Å². The van der Waals surface area contributed by atoms with Crippen molar-refractivity contribution in [2.45, 2.75) is 45.4 Å². The summed E-state index contributed by atoms with van der Waals surface area (Å²) in [7, 11) is 0. The number of aromatic nitrogens is 1. The van der Waals surface area contributed by atoms with Crippen molar-refractivity contribution >= 4 is 10.8 Å². The molecule has 0 fully saturated rings. The predicted octanol–water partition coefficient (Wildman–Crippen LogP) is 7.51. The molecule has 0 atom stereocenters. The normalized spacial score (nSPS) is 14.7. The topological polar surface area (TPSA) is 12.9 Å². The highest BCUT2D eigenvalue weighted by Crippen LogP contribution is 2.52. The van der Waals surface area contributed by atoms with Gasteiger partial charge in [-0.2, -0.15) is 0 Å². The molecule has 144 valence electrons. The highest BCUT2D eigenvalue weighted by Gasteiger charge is 2.36. The van der Waals surface area contributed by atoms with Gasteiger partial charge in [0.2, 0.25) is 0 Å². The fraction of sp³-hybridized carbons (Fsp3) is 0.250. The third-order valence-electron chi connectivity index (χ3n) is 6.46. The summed E-state index contributed by atoms with van der Waals surface area (Å²) in [6.07, 6.45) is 1.94. The van der Waals surface area contributed by atoms with Gasteiger partial charge in [-0.25, -0.2) is 0 Å². The number of hydrogen-bond acceptors (Lipinski definition) is 1. The first-order valence-corrected chi connectivity index (χ1v) is 10.4. The summed E-state index contributed by atoms with van der Waals surface area (Å²) in [4.78, 5) is 4.69. The van der Waals surface area contributed by atoms with E-state index in [-0.39, 0.29) is 10.8 Å². The molecule has 0 spiro atoms. The van der Waals surface area contributed by atoms with Gasteiger partial charge in [-0.15, -0.1) is 0 Å². The summed E-state index contributed by atoms with van der Waals surface area (Å²) in [5.41, 5.74) is 9.20. The van der Waals surface area contributed by atoms with Crippen molar-refractivity contribution < 1.29 is 0 Å². The molecule has 1 nitrogen and oxygen atoms in total. The van der Waals surface area contributed by atoms with Crippen LogP contribution in [0.25, 0.3) is 33.2 Å². The van der Waals surface area contributed by atoms with Crippen LogP contribution in [0, 0.1) is 0 Å². The van der Waals surface area contributed by atoms with Gasteiger partial charge in [-0.05, 0) is 62.2 Å². The number of rotatable bonds is 1. The van der Waals surface area contributed by atoms with E-state index in [0.717, 1.165) is 5.69 Å². The van der Waals surface area contributed by atoms with E-state index in [4.69, 9.17) is 4.98 Å². The summed E-state index contributed by atoms with van der Waals surface area (Å²) < 4.78 is 0. The second-order valence-electron chi connectivity index (χ2n) is 9.77. The van der Waals surface area contributed by atoms with Crippen LogP contribution in [0.3, 0.4) is 0 Å². The van der Waals surface area contributed by atoms with Crippen LogP contribution in [0.4, 0.5) is 0 Å². The van der Waals surface area contributed by atoms with Gasteiger partial charge in [0.1, 0.15) is 0 Å². The number of benzene rings is 3. The molecular weight excluding hydrogens is 350 g/mol. The van der Waals surface area contributed by atoms with Gasteiger partial charge in [0.25, 0.3) is 0 Å². The first-order chi connectivity index (χ1) is 13.8. The predicted molar refractivity (Wildman–Crippen MR) is 123 cm³/mol. The summed E-state index contributed by atoms with van der Waals surface area (Å²) in [6.45, 7) is 11.4. The Hall–Kier alpha value is -2.93. The Labute approximate surface area is 173 Å². The molecule has 1 heterocycles. The molecule has 0 N–H and O–H groups in total. The van der Waals surface area contributed by atoms with E-state index in [1.54, 1.807) is 0 Å². The maximum Gasteiger partial charge on any atom is 0.0705 e. The summed E-state index contributed by atoms with van der Waals surface area (Å²) in [6, 6.07) is 24.5. The molecule has 3 aromatic carbocycles. The van der Waals surface area contributed by atoms with E-state index >= 15 is 0 Å². The van der Waals surface area contributed by atoms with E-state index in [1.165, 1.54) is 44.2 Å². The molecule has 5 rings (SSSR count). The molecule has 1 heteroatoms. The minimum Gasteiger partial charge on any atom is -0.256 e. The lowest BCUT2D eigenvalue weighted by Gasteiger charge is -2.23. The van der Waals surface area contributed by atoms with Crippen molar-refractivity contribution in [3.8, 4) is 22.4 Å². The van der Waals surface area contributed by atoms with Crippen molar-refractivity contribution in [2.24, 2.45) is 0 Å². The third kappa shape index (κ3) is 2.72. The molecule has 0 amide bonds. The Balaban J connectivity index is 1.72. The monoisotopic (exact) mass is 377 g/mol. The molecule has 0 bridgehead atoms. The molecule has 4 aromatic rings. The molecule has 0 saturated carbocycles. The summed E-state index contributed by atoms with van der Waals surface area (Å²) in [5, 5.41) is 2.67. The molecule has 1 aliphatic rings. The lowest BCUT2D eigenvalue weighted by molar-refractivity contribution is 0.589. The van der Waals surface area contributed by atoms with Crippen molar-refractivity contribution in [3.05, 3.63) is 89.6 Å². The third-order valence-corrected chi connectivity index (χ3v) is 6.46. The van der Waals surface area contributed by atoms with Crippen molar-refractivity contribution in [2.75, 3.05) is 0 Å². The lowest BCUT2D eigenvalue weighted by atomic mass is 9.80. The fourth-order valence-corrected chi connectivity index (χ4v) is 4.83. The molecule has 0 unspecified atom stereocenters. The zero-order chi connectivity index (χ0) is 20.4. The molecule has 0 aliphatic heterocycles. The standard InChI is InChI=1S/C28H27N/c1-27(2,3)20-14-15-29-25(17-20)19-11-13-24-23(16-19)22-12-10-18-8-6-7-9-21(18)26(22)28(24,4)5/h6-17H,1-5H3. The SMILES string of the molecule is CC(C)(C)c1ccnc(-c2ccc3c(c2)-c2ccc4ccccc4c2C3(C)C)c1. The van der Waals surface area contributed by atoms with E-state index in [9.17, 15) is 0 Å². The second kappa shape index (κ2) is 6.03. The van der Waals surface area contributed by atoms with Gasteiger partial charge in [-0.1, -0.05) is 83.1 Å². The van der Waals surface area contributed by atoms with Crippen LogP contribution in [-0.4, -0.2) is 4.98 Å². The minimum absolute atomic E-state index is 0.00918. The quantitative estimate of drug-likeness (QED) is 0.334. The van der Waals surface area contributed by atoms with Crippen molar-refractivity contribution in [1.29, 1.82) is 0 Å². The number of fused-ring (bicyclic) bond motifs is 5. The zero-order valence-corrected chi connectivity index (χ0v) is 17.9. The molecule has 0 saturated heterocycles. The van der Waals surface area contributed by atoms with E-state index in [2.05, 4.69) is 101 Å². The molecular formula is C28H27N. The average molecular weight is 378 g/mol. The van der Waals surface area contributed by atoms with E-state index < -0.39 is 0 Å².